The minimum atomic E-state index is -0.533. The molecule has 9 aliphatic rings. The lowest BCUT2D eigenvalue weighted by molar-refractivity contribution is -0.319. The summed E-state index contributed by atoms with van der Waals surface area (Å²) in [6, 6.07) is 0. The van der Waals surface area contributed by atoms with Gasteiger partial charge in [-0.2, -0.15) is 0 Å². The first-order valence-electron chi connectivity index (χ1n) is 14.8. The van der Waals surface area contributed by atoms with E-state index in [0.29, 0.717) is 40.4 Å². The number of carboxylic acids is 1. The van der Waals surface area contributed by atoms with Crippen LogP contribution in [0.3, 0.4) is 0 Å². The second-order valence-electron chi connectivity index (χ2n) is 16.6. The SMILES string of the molecule is CC1(C)C2CCC(C)(C(CC(=O)O)C3(C4(C)CCC5CC4C5(C)C)CCC4CC3C4(C)C)C1C2. The fraction of sp³-hybridized carbons (Fsp3) is 0.969. The number of fused-ring (bicyclic) bond motifs is 7. The molecule has 2 nitrogen and oxygen atoms in total. The van der Waals surface area contributed by atoms with Gasteiger partial charge in [-0.3, -0.25) is 4.79 Å². The Morgan fingerprint density at radius 2 is 1.18 bits per heavy atom. The summed E-state index contributed by atoms with van der Waals surface area (Å²) in [7, 11) is 0. The molecule has 0 aliphatic heterocycles. The molecule has 9 aliphatic carbocycles. The summed E-state index contributed by atoms with van der Waals surface area (Å²) in [6.45, 7) is 20.5. The highest BCUT2D eigenvalue weighted by atomic mass is 16.4. The zero-order chi connectivity index (χ0) is 24.7. The number of carbonyl (C=O) groups is 1. The van der Waals surface area contributed by atoms with Gasteiger partial charge in [0.25, 0.3) is 0 Å². The highest BCUT2D eigenvalue weighted by Crippen LogP contribution is 2.83. The summed E-state index contributed by atoms with van der Waals surface area (Å²) in [5.74, 6) is 4.53. The maximum absolute atomic E-state index is 12.7. The highest BCUT2D eigenvalue weighted by Gasteiger charge is 2.76. The summed E-state index contributed by atoms with van der Waals surface area (Å²) >= 11 is 0. The van der Waals surface area contributed by atoms with E-state index in [1.807, 2.05) is 0 Å². The second kappa shape index (κ2) is 6.66. The van der Waals surface area contributed by atoms with Gasteiger partial charge >= 0.3 is 5.97 Å². The molecule has 6 bridgehead atoms. The van der Waals surface area contributed by atoms with Crippen LogP contribution in [0.5, 0.6) is 0 Å². The Hall–Kier alpha value is -0.530. The smallest absolute Gasteiger partial charge is 0.303 e. The van der Waals surface area contributed by atoms with Gasteiger partial charge in [-0.05, 0) is 132 Å². The third-order valence-corrected chi connectivity index (χ3v) is 15.4. The van der Waals surface area contributed by atoms with Crippen LogP contribution in [0.1, 0.15) is 120 Å². The molecule has 9 rings (SSSR count). The van der Waals surface area contributed by atoms with E-state index in [1.54, 1.807) is 0 Å². The van der Waals surface area contributed by atoms with Crippen molar-refractivity contribution in [3.8, 4) is 0 Å². The van der Waals surface area contributed by atoms with Gasteiger partial charge < -0.3 is 5.11 Å². The molecule has 9 saturated carbocycles. The first-order valence-corrected chi connectivity index (χ1v) is 14.8. The number of hydrogen-bond donors (Lipinski definition) is 1. The van der Waals surface area contributed by atoms with Crippen molar-refractivity contribution in [2.75, 3.05) is 0 Å². The van der Waals surface area contributed by atoms with Crippen molar-refractivity contribution in [1.82, 2.24) is 0 Å². The monoisotopic (exact) mass is 468 g/mol. The lowest BCUT2D eigenvalue weighted by Gasteiger charge is -2.80. The van der Waals surface area contributed by atoms with Crippen LogP contribution in [0, 0.1) is 73.9 Å². The molecule has 192 valence electrons. The summed E-state index contributed by atoms with van der Waals surface area (Å²) < 4.78 is 0. The van der Waals surface area contributed by atoms with Crippen LogP contribution in [0.4, 0.5) is 0 Å². The molecule has 1 N–H and O–H groups in total. The minimum absolute atomic E-state index is 0.156. The molecule has 0 saturated heterocycles. The van der Waals surface area contributed by atoms with Crippen LogP contribution < -0.4 is 0 Å². The summed E-state index contributed by atoms with van der Waals surface area (Å²) in [5, 5.41) is 10.5. The zero-order valence-electron chi connectivity index (χ0n) is 23.5. The number of aliphatic carboxylic acids is 1. The molecule has 0 amide bonds. The Labute approximate surface area is 209 Å². The van der Waals surface area contributed by atoms with Gasteiger partial charge in [0.1, 0.15) is 0 Å². The van der Waals surface area contributed by atoms with Crippen LogP contribution in [0.15, 0.2) is 0 Å². The zero-order valence-corrected chi connectivity index (χ0v) is 23.5. The number of hydrogen-bond acceptors (Lipinski definition) is 1. The average Bonchev–Trinajstić information content (AvgIpc) is 2.76. The molecule has 10 unspecified atom stereocenters. The van der Waals surface area contributed by atoms with Crippen LogP contribution in [0.25, 0.3) is 0 Å². The molecule has 34 heavy (non-hydrogen) atoms. The van der Waals surface area contributed by atoms with E-state index in [1.165, 1.54) is 57.8 Å². The van der Waals surface area contributed by atoms with Crippen molar-refractivity contribution in [2.45, 2.75) is 120 Å². The topological polar surface area (TPSA) is 37.3 Å². The van der Waals surface area contributed by atoms with Gasteiger partial charge in [0.2, 0.25) is 0 Å². The third-order valence-electron chi connectivity index (χ3n) is 15.4. The predicted octanol–water partition coefficient (Wildman–Crippen LogP) is 8.44. The Morgan fingerprint density at radius 3 is 1.62 bits per heavy atom. The first-order chi connectivity index (χ1) is 15.6. The largest absolute Gasteiger partial charge is 0.481 e. The molecular formula is C32H52O2. The summed E-state index contributed by atoms with van der Waals surface area (Å²) in [6.07, 6.45) is 12.4. The Bertz CT molecular complexity index is 893. The maximum atomic E-state index is 12.7. The van der Waals surface area contributed by atoms with E-state index in [0.717, 1.165) is 23.7 Å². The first kappa shape index (κ1) is 23.8. The van der Waals surface area contributed by atoms with E-state index >= 15 is 0 Å². The van der Waals surface area contributed by atoms with Gasteiger partial charge in [-0.1, -0.05) is 55.4 Å². The van der Waals surface area contributed by atoms with Crippen LogP contribution >= 0.6 is 0 Å². The fourth-order valence-corrected chi connectivity index (χ4v) is 13.1. The quantitative estimate of drug-likeness (QED) is 0.439. The number of carboxylic acid groups (broad SMARTS) is 1. The molecule has 0 aromatic rings. The third kappa shape index (κ3) is 2.48. The van der Waals surface area contributed by atoms with E-state index in [9.17, 15) is 9.90 Å². The summed E-state index contributed by atoms with van der Waals surface area (Å²) in [4.78, 5) is 12.7. The van der Waals surface area contributed by atoms with E-state index in [2.05, 4.69) is 55.4 Å². The normalized spacial score (nSPS) is 54.1. The lowest BCUT2D eigenvalue weighted by Crippen LogP contribution is -2.74. The Kier molecular flexibility index (Phi) is 4.67. The Balaban J connectivity index is 1.54. The van der Waals surface area contributed by atoms with Crippen molar-refractivity contribution >= 4 is 5.97 Å². The molecule has 0 radical (unpaired) electrons. The predicted molar refractivity (Wildman–Crippen MR) is 138 cm³/mol. The average molecular weight is 469 g/mol. The molecule has 0 aromatic carbocycles. The van der Waals surface area contributed by atoms with Crippen molar-refractivity contribution in [3.05, 3.63) is 0 Å². The second-order valence-corrected chi connectivity index (χ2v) is 16.6. The lowest BCUT2D eigenvalue weighted by atomic mass is 9.24. The van der Waals surface area contributed by atoms with Crippen LogP contribution in [-0.2, 0) is 4.79 Å². The van der Waals surface area contributed by atoms with E-state index < -0.39 is 5.97 Å². The minimum Gasteiger partial charge on any atom is -0.481 e. The highest BCUT2D eigenvalue weighted by molar-refractivity contribution is 5.67. The molecule has 0 spiro atoms. The Morgan fingerprint density at radius 1 is 0.706 bits per heavy atom. The van der Waals surface area contributed by atoms with Gasteiger partial charge in [0.05, 0.1) is 0 Å². The van der Waals surface area contributed by atoms with Gasteiger partial charge in [0, 0.05) is 6.42 Å². The molecule has 9 fully saturated rings. The molecule has 10 atom stereocenters. The van der Waals surface area contributed by atoms with E-state index in [-0.39, 0.29) is 16.2 Å². The van der Waals surface area contributed by atoms with Crippen molar-refractivity contribution < 1.29 is 9.90 Å². The van der Waals surface area contributed by atoms with Gasteiger partial charge in [-0.15, -0.1) is 0 Å². The van der Waals surface area contributed by atoms with E-state index in [4.69, 9.17) is 0 Å². The molecule has 0 heterocycles. The van der Waals surface area contributed by atoms with Crippen molar-refractivity contribution in [2.24, 2.45) is 73.9 Å². The standard InChI is InChI=1S/C32H52O2/c1-27(2)19-9-12-30(7,22(27)15-19)25(18-26(33)34)32(14-11-21-17-24(32)29(21,5)6)31(8)13-10-20-16-23(31)28(20,3)4/h19-25H,9-18H2,1-8H3,(H,33,34). The fourth-order valence-electron chi connectivity index (χ4n) is 13.1. The van der Waals surface area contributed by atoms with Crippen LogP contribution in [-0.4, -0.2) is 11.1 Å². The summed E-state index contributed by atoms with van der Waals surface area (Å²) in [5.41, 5.74) is 1.77. The van der Waals surface area contributed by atoms with Crippen molar-refractivity contribution in [3.63, 3.8) is 0 Å². The number of rotatable bonds is 5. The molecule has 2 heteroatoms. The molecule has 0 aromatic heterocycles. The van der Waals surface area contributed by atoms with Crippen LogP contribution in [0.2, 0.25) is 0 Å². The maximum Gasteiger partial charge on any atom is 0.303 e. The van der Waals surface area contributed by atoms with Gasteiger partial charge in [-0.25, -0.2) is 0 Å². The van der Waals surface area contributed by atoms with Gasteiger partial charge in [0.15, 0.2) is 0 Å². The van der Waals surface area contributed by atoms with Crippen molar-refractivity contribution in [1.29, 1.82) is 0 Å². The molecular weight excluding hydrogens is 416 g/mol.